The monoisotopic (exact) mass is 275 g/mol. The van der Waals surface area contributed by atoms with E-state index in [-0.39, 0.29) is 6.04 Å². The Morgan fingerprint density at radius 1 is 1.21 bits per heavy atom. The Morgan fingerprint density at radius 2 is 1.95 bits per heavy atom. The van der Waals surface area contributed by atoms with E-state index in [0.29, 0.717) is 5.92 Å². The van der Waals surface area contributed by atoms with Crippen LogP contribution in [0.15, 0.2) is 30.3 Å². The summed E-state index contributed by atoms with van der Waals surface area (Å²) in [6.07, 6.45) is 3.16. The number of aromatic nitrogens is 2. The van der Waals surface area contributed by atoms with Crippen LogP contribution in [0.1, 0.15) is 54.8 Å². The fourth-order valence-electron chi connectivity index (χ4n) is 2.16. The van der Waals surface area contributed by atoms with E-state index >= 15 is 0 Å². The molecular formula is C15H21N3S. The van der Waals surface area contributed by atoms with Gasteiger partial charge in [-0.1, -0.05) is 48.7 Å². The molecule has 19 heavy (non-hydrogen) atoms. The van der Waals surface area contributed by atoms with Gasteiger partial charge in [0.25, 0.3) is 0 Å². The van der Waals surface area contributed by atoms with Crippen LogP contribution in [0.5, 0.6) is 0 Å². The van der Waals surface area contributed by atoms with Crippen molar-refractivity contribution in [3.05, 3.63) is 46.5 Å². The Hall–Kier alpha value is -1.26. The normalized spacial score (nSPS) is 12.8. The standard InChI is InChI=1S/C15H21N3S/c1-11(2)14-15(19-18-17-14)13(16)10-6-9-12-7-4-3-5-8-12/h3-5,7-8,11,13H,6,9-10,16H2,1-2H3. The molecule has 4 heteroatoms. The van der Waals surface area contributed by atoms with Crippen molar-refractivity contribution in [3.8, 4) is 0 Å². The van der Waals surface area contributed by atoms with Crippen molar-refractivity contribution < 1.29 is 0 Å². The molecule has 2 aromatic rings. The molecule has 1 heterocycles. The van der Waals surface area contributed by atoms with Gasteiger partial charge in [-0.15, -0.1) is 5.10 Å². The van der Waals surface area contributed by atoms with Crippen molar-refractivity contribution in [1.82, 2.24) is 9.59 Å². The topological polar surface area (TPSA) is 51.8 Å². The number of nitrogens with two attached hydrogens (primary N) is 1. The fraction of sp³-hybridized carbons (Fsp3) is 0.467. The second-order valence-electron chi connectivity index (χ2n) is 5.16. The molecule has 0 saturated carbocycles. The predicted molar refractivity (Wildman–Crippen MR) is 80.3 cm³/mol. The van der Waals surface area contributed by atoms with Gasteiger partial charge in [-0.2, -0.15) is 0 Å². The van der Waals surface area contributed by atoms with E-state index in [0.717, 1.165) is 29.8 Å². The van der Waals surface area contributed by atoms with Gasteiger partial charge in [0.1, 0.15) is 0 Å². The lowest BCUT2D eigenvalue weighted by Gasteiger charge is -2.12. The average molecular weight is 275 g/mol. The van der Waals surface area contributed by atoms with Gasteiger partial charge < -0.3 is 5.73 Å². The number of aryl methyl sites for hydroxylation is 1. The summed E-state index contributed by atoms with van der Waals surface area (Å²) in [4.78, 5) is 1.16. The third kappa shape index (κ3) is 3.85. The lowest BCUT2D eigenvalue weighted by molar-refractivity contribution is 0.608. The van der Waals surface area contributed by atoms with Gasteiger partial charge in [-0.25, -0.2) is 0 Å². The van der Waals surface area contributed by atoms with Crippen molar-refractivity contribution in [2.75, 3.05) is 0 Å². The molecule has 2 rings (SSSR count). The molecular weight excluding hydrogens is 254 g/mol. The SMILES string of the molecule is CC(C)c1nnsc1C(N)CCCc1ccccc1. The maximum atomic E-state index is 6.27. The first-order valence-electron chi connectivity index (χ1n) is 6.80. The molecule has 1 atom stereocenters. The minimum absolute atomic E-state index is 0.0705. The van der Waals surface area contributed by atoms with Crippen molar-refractivity contribution in [1.29, 1.82) is 0 Å². The van der Waals surface area contributed by atoms with Crippen molar-refractivity contribution in [2.45, 2.75) is 45.1 Å². The van der Waals surface area contributed by atoms with E-state index in [1.54, 1.807) is 0 Å². The number of hydrogen-bond donors (Lipinski definition) is 1. The first-order valence-corrected chi connectivity index (χ1v) is 7.57. The van der Waals surface area contributed by atoms with Crippen LogP contribution in [0.4, 0.5) is 0 Å². The Kier molecular flexibility index (Phi) is 5.05. The highest BCUT2D eigenvalue weighted by atomic mass is 32.1. The molecule has 0 fully saturated rings. The highest BCUT2D eigenvalue weighted by Gasteiger charge is 2.17. The zero-order chi connectivity index (χ0) is 13.7. The number of rotatable bonds is 6. The van der Waals surface area contributed by atoms with Crippen LogP contribution in [0.2, 0.25) is 0 Å². The van der Waals surface area contributed by atoms with Crippen LogP contribution in [0.3, 0.4) is 0 Å². The van der Waals surface area contributed by atoms with Crippen LogP contribution >= 0.6 is 11.5 Å². The smallest absolute Gasteiger partial charge is 0.0828 e. The summed E-state index contributed by atoms with van der Waals surface area (Å²) >= 11 is 1.45. The molecule has 0 aliphatic carbocycles. The maximum absolute atomic E-state index is 6.27. The molecule has 1 aromatic heterocycles. The molecule has 1 aromatic carbocycles. The summed E-state index contributed by atoms with van der Waals surface area (Å²) in [6.45, 7) is 4.27. The highest BCUT2D eigenvalue weighted by Crippen LogP contribution is 2.27. The molecule has 102 valence electrons. The van der Waals surface area contributed by atoms with Gasteiger partial charge in [-0.05, 0) is 42.3 Å². The quantitative estimate of drug-likeness (QED) is 0.875. The molecule has 0 spiro atoms. The summed E-state index contributed by atoms with van der Waals surface area (Å²) in [5.41, 5.74) is 8.72. The van der Waals surface area contributed by atoms with Crippen LogP contribution in [-0.2, 0) is 6.42 Å². The minimum atomic E-state index is 0.0705. The van der Waals surface area contributed by atoms with Crippen LogP contribution in [0, 0.1) is 0 Å². The van der Waals surface area contributed by atoms with Gasteiger partial charge in [0, 0.05) is 6.04 Å². The summed E-state index contributed by atoms with van der Waals surface area (Å²) < 4.78 is 4.04. The fourth-order valence-corrected chi connectivity index (χ4v) is 3.00. The van der Waals surface area contributed by atoms with Gasteiger partial charge >= 0.3 is 0 Å². The molecule has 0 amide bonds. The Labute approximate surface area is 119 Å². The zero-order valence-corrected chi connectivity index (χ0v) is 12.4. The van der Waals surface area contributed by atoms with Gasteiger partial charge in [0.2, 0.25) is 0 Å². The van der Waals surface area contributed by atoms with Crippen molar-refractivity contribution >= 4 is 11.5 Å². The first-order chi connectivity index (χ1) is 9.18. The van der Waals surface area contributed by atoms with Gasteiger partial charge in [0.15, 0.2) is 0 Å². The third-order valence-corrected chi connectivity index (χ3v) is 4.12. The summed E-state index contributed by atoms with van der Waals surface area (Å²) in [5.74, 6) is 0.397. The third-order valence-electron chi connectivity index (χ3n) is 3.25. The summed E-state index contributed by atoms with van der Waals surface area (Å²) in [6, 6.07) is 10.6. The summed E-state index contributed by atoms with van der Waals surface area (Å²) in [7, 11) is 0. The molecule has 0 bridgehead atoms. The van der Waals surface area contributed by atoms with E-state index in [1.165, 1.54) is 17.1 Å². The summed E-state index contributed by atoms with van der Waals surface area (Å²) in [5, 5.41) is 4.19. The molecule has 0 aliphatic heterocycles. The molecule has 0 saturated heterocycles. The molecule has 1 unspecified atom stereocenters. The lowest BCUT2D eigenvalue weighted by atomic mass is 10.0. The van der Waals surface area contributed by atoms with Crippen LogP contribution in [-0.4, -0.2) is 9.59 Å². The highest BCUT2D eigenvalue weighted by molar-refractivity contribution is 7.05. The Bertz CT molecular complexity index is 493. The van der Waals surface area contributed by atoms with E-state index in [2.05, 4.69) is 47.7 Å². The minimum Gasteiger partial charge on any atom is -0.323 e. The average Bonchev–Trinajstić information content (AvgIpc) is 2.89. The second kappa shape index (κ2) is 6.78. The second-order valence-corrected chi connectivity index (χ2v) is 5.95. The number of benzene rings is 1. The largest absolute Gasteiger partial charge is 0.323 e. The molecule has 3 nitrogen and oxygen atoms in total. The van der Waals surface area contributed by atoms with E-state index < -0.39 is 0 Å². The van der Waals surface area contributed by atoms with E-state index in [1.807, 2.05) is 6.07 Å². The number of hydrogen-bond acceptors (Lipinski definition) is 4. The van der Waals surface area contributed by atoms with Gasteiger partial charge in [0.05, 0.1) is 10.6 Å². The van der Waals surface area contributed by atoms with E-state index in [9.17, 15) is 0 Å². The van der Waals surface area contributed by atoms with Gasteiger partial charge in [-0.3, -0.25) is 0 Å². The number of nitrogens with zero attached hydrogens (tertiary/aromatic N) is 2. The van der Waals surface area contributed by atoms with E-state index in [4.69, 9.17) is 5.73 Å². The zero-order valence-electron chi connectivity index (χ0n) is 11.5. The molecule has 0 radical (unpaired) electrons. The first kappa shape index (κ1) is 14.2. The Balaban J connectivity index is 1.87. The van der Waals surface area contributed by atoms with Crippen molar-refractivity contribution in [3.63, 3.8) is 0 Å². The predicted octanol–water partition coefficient (Wildman–Crippen LogP) is 3.68. The Morgan fingerprint density at radius 3 is 2.63 bits per heavy atom. The molecule has 2 N–H and O–H groups in total. The lowest BCUT2D eigenvalue weighted by Crippen LogP contribution is -2.11. The molecule has 0 aliphatic rings. The van der Waals surface area contributed by atoms with Crippen LogP contribution in [0.25, 0.3) is 0 Å². The van der Waals surface area contributed by atoms with Crippen molar-refractivity contribution in [2.24, 2.45) is 5.73 Å². The van der Waals surface area contributed by atoms with Crippen LogP contribution < -0.4 is 5.73 Å². The maximum Gasteiger partial charge on any atom is 0.0828 e.